The van der Waals surface area contributed by atoms with Crippen molar-refractivity contribution in [2.75, 3.05) is 4.90 Å². The monoisotopic (exact) mass is 880 g/mol. The van der Waals surface area contributed by atoms with Gasteiger partial charge in [-0.3, -0.25) is 0 Å². The average Bonchev–Trinajstić information content (AvgIpc) is 3.98. The van der Waals surface area contributed by atoms with Crippen molar-refractivity contribution in [2.24, 2.45) is 0 Å². The summed E-state index contributed by atoms with van der Waals surface area (Å²) in [4.78, 5) is 2.37. The van der Waals surface area contributed by atoms with Crippen molar-refractivity contribution < 1.29 is 4.42 Å². The zero-order valence-electron chi connectivity index (χ0n) is 37.7. The fraction of sp³-hybridized carbons (Fsp3) is 0. The molecule has 13 rings (SSSR count). The van der Waals surface area contributed by atoms with Gasteiger partial charge in [0.15, 0.2) is 0 Å². The normalized spacial score (nSPS) is 11.5. The Morgan fingerprint density at radius 3 is 1.36 bits per heavy atom. The lowest BCUT2D eigenvalue weighted by atomic mass is 9.98. The van der Waals surface area contributed by atoms with Gasteiger partial charge < -0.3 is 13.9 Å². The summed E-state index contributed by atoms with van der Waals surface area (Å²) in [7, 11) is 0. The number of hydrogen-bond acceptors (Lipinski definition) is 2. The summed E-state index contributed by atoms with van der Waals surface area (Å²) in [5.41, 5.74) is 20.1. The van der Waals surface area contributed by atoms with E-state index < -0.39 is 0 Å². The molecule has 0 radical (unpaired) electrons. The van der Waals surface area contributed by atoms with Crippen molar-refractivity contribution in [3.63, 3.8) is 0 Å². The second kappa shape index (κ2) is 16.9. The fourth-order valence-corrected chi connectivity index (χ4v) is 10.3. The summed E-state index contributed by atoms with van der Waals surface area (Å²) in [6.45, 7) is 0. The smallest absolute Gasteiger partial charge is 0.143 e. The number of fused-ring (bicyclic) bond motifs is 6. The SMILES string of the molecule is c1ccc(-c2ccc(-c3cccc(N(c4ccc(-c5cccc6c5oc5ccccc56)cc4)c4cccc(-c5ccc(-c6ccccc6-n6c7ccccc7c7ccccc76)cc5)c4)c3)cc2)cc1. The van der Waals surface area contributed by atoms with E-state index >= 15 is 0 Å². The molecule has 324 valence electrons. The van der Waals surface area contributed by atoms with Crippen LogP contribution in [0, 0.1) is 0 Å². The highest BCUT2D eigenvalue weighted by Crippen LogP contribution is 2.42. The van der Waals surface area contributed by atoms with Gasteiger partial charge in [0.05, 0.1) is 16.7 Å². The summed E-state index contributed by atoms with van der Waals surface area (Å²) in [6.07, 6.45) is 0. The minimum absolute atomic E-state index is 0.899. The Hall–Kier alpha value is -9.18. The first-order valence-electron chi connectivity index (χ1n) is 23.6. The molecular weight excluding hydrogens is 837 g/mol. The van der Waals surface area contributed by atoms with Crippen LogP contribution in [0.4, 0.5) is 17.1 Å². The molecule has 0 saturated heterocycles. The summed E-state index contributed by atoms with van der Waals surface area (Å²) in [5, 5.41) is 4.77. The molecule has 69 heavy (non-hydrogen) atoms. The predicted molar refractivity (Wildman–Crippen MR) is 290 cm³/mol. The second-order valence-electron chi connectivity index (χ2n) is 17.7. The summed E-state index contributed by atoms with van der Waals surface area (Å²) >= 11 is 0. The third-order valence-electron chi connectivity index (χ3n) is 13.6. The first kappa shape index (κ1) is 40.1. The highest BCUT2D eigenvalue weighted by molar-refractivity contribution is 6.11. The third kappa shape index (κ3) is 7.16. The van der Waals surface area contributed by atoms with E-state index in [1.54, 1.807) is 0 Å². The number of para-hydroxylation sites is 5. The van der Waals surface area contributed by atoms with E-state index in [0.29, 0.717) is 0 Å². The number of nitrogens with zero attached hydrogens (tertiary/aromatic N) is 2. The van der Waals surface area contributed by atoms with Crippen LogP contribution in [0.25, 0.3) is 105 Å². The average molecular weight is 881 g/mol. The van der Waals surface area contributed by atoms with Gasteiger partial charge in [0.1, 0.15) is 11.2 Å². The minimum Gasteiger partial charge on any atom is -0.455 e. The largest absolute Gasteiger partial charge is 0.455 e. The van der Waals surface area contributed by atoms with Crippen LogP contribution >= 0.6 is 0 Å². The van der Waals surface area contributed by atoms with Gasteiger partial charge in [0.2, 0.25) is 0 Å². The van der Waals surface area contributed by atoms with E-state index in [9.17, 15) is 0 Å². The maximum Gasteiger partial charge on any atom is 0.143 e. The van der Waals surface area contributed by atoms with Crippen LogP contribution in [-0.2, 0) is 0 Å². The molecule has 0 atom stereocenters. The van der Waals surface area contributed by atoms with Gasteiger partial charge in [0.25, 0.3) is 0 Å². The van der Waals surface area contributed by atoms with Crippen LogP contribution in [0.5, 0.6) is 0 Å². The molecule has 0 saturated carbocycles. The lowest BCUT2D eigenvalue weighted by molar-refractivity contribution is 0.670. The molecule has 3 nitrogen and oxygen atoms in total. The van der Waals surface area contributed by atoms with Gasteiger partial charge in [0, 0.05) is 49.7 Å². The molecule has 0 aliphatic heterocycles. The van der Waals surface area contributed by atoms with Crippen LogP contribution in [0.2, 0.25) is 0 Å². The minimum atomic E-state index is 0.899. The standard InChI is InChI=1S/C66H44N2O/c1-2-15-45(16-3-1)46-31-33-47(34-32-46)51-17-12-19-54(43-51)67(53-41-39-50(40-42-53)57-25-14-26-61-60-24-7-11-30-65(60)69-66(57)61)55-20-13-18-52(44-55)48-35-37-49(38-36-48)56-21-4-8-27-62(56)68-63-28-9-5-22-58(63)59-23-6-10-29-64(59)68/h1-44H. The molecule has 0 aliphatic rings. The quantitative estimate of drug-likeness (QED) is 0.144. The van der Waals surface area contributed by atoms with Gasteiger partial charge in [-0.2, -0.15) is 0 Å². The summed E-state index contributed by atoms with van der Waals surface area (Å²) < 4.78 is 8.88. The number of furan rings is 1. The molecule has 3 heteroatoms. The van der Waals surface area contributed by atoms with Crippen molar-refractivity contribution in [3.05, 3.63) is 267 Å². The Kier molecular flexibility index (Phi) is 9.84. The van der Waals surface area contributed by atoms with Gasteiger partial charge in [-0.15, -0.1) is 0 Å². The number of rotatable bonds is 9. The molecular formula is C66H44N2O. The Morgan fingerprint density at radius 2 is 0.710 bits per heavy atom. The number of hydrogen-bond donors (Lipinski definition) is 0. The topological polar surface area (TPSA) is 21.3 Å². The van der Waals surface area contributed by atoms with Crippen LogP contribution in [-0.4, -0.2) is 4.57 Å². The molecule has 0 bridgehead atoms. The van der Waals surface area contributed by atoms with Gasteiger partial charge in [-0.25, -0.2) is 0 Å². The van der Waals surface area contributed by atoms with Crippen molar-refractivity contribution in [3.8, 4) is 61.3 Å². The van der Waals surface area contributed by atoms with E-state index in [2.05, 4.69) is 264 Å². The van der Waals surface area contributed by atoms with E-state index in [4.69, 9.17) is 4.42 Å². The molecule has 11 aromatic carbocycles. The predicted octanol–water partition coefficient (Wildman–Crippen LogP) is 18.5. The Morgan fingerprint density at radius 1 is 0.275 bits per heavy atom. The Labute approximate surface area is 401 Å². The molecule has 0 aliphatic carbocycles. The first-order chi connectivity index (χ1) is 34.2. The maximum atomic E-state index is 6.47. The molecule has 0 unspecified atom stereocenters. The molecule has 0 fully saturated rings. The van der Waals surface area contributed by atoms with E-state index in [-0.39, 0.29) is 0 Å². The number of benzene rings is 11. The molecule has 0 amide bonds. The highest BCUT2D eigenvalue weighted by Gasteiger charge is 2.19. The Balaban J connectivity index is 0.880. The first-order valence-corrected chi connectivity index (χ1v) is 23.6. The Bertz CT molecular complexity index is 3940. The fourth-order valence-electron chi connectivity index (χ4n) is 10.3. The molecule has 2 heterocycles. The van der Waals surface area contributed by atoms with Gasteiger partial charge >= 0.3 is 0 Å². The van der Waals surface area contributed by atoms with Gasteiger partial charge in [-0.05, 0) is 105 Å². The lowest BCUT2D eigenvalue weighted by Crippen LogP contribution is -2.10. The summed E-state index contributed by atoms with van der Waals surface area (Å²) in [6, 6.07) is 96.0. The lowest BCUT2D eigenvalue weighted by Gasteiger charge is -2.27. The van der Waals surface area contributed by atoms with Gasteiger partial charge in [-0.1, -0.05) is 206 Å². The van der Waals surface area contributed by atoms with E-state index in [0.717, 1.165) is 72.5 Å². The zero-order valence-corrected chi connectivity index (χ0v) is 37.7. The second-order valence-corrected chi connectivity index (χ2v) is 17.7. The molecule has 13 aromatic rings. The third-order valence-corrected chi connectivity index (χ3v) is 13.6. The number of aromatic nitrogens is 1. The summed E-state index contributed by atoms with van der Waals surface area (Å²) in [5.74, 6) is 0. The zero-order chi connectivity index (χ0) is 45.7. The van der Waals surface area contributed by atoms with Crippen LogP contribution in [0.3, 0.4) is 0 Å². The van der Waals surface area contributed by atoms with Crippen molar-refractivity contribution >= 4 is 60.8 Å². The van der Waals surface area contributed by atoms with Crippen molar-refractivity contribution in [1.29, 1.82) is 0 Å². The maximum absolute atomic E-state index is 6.47. The van der Waals surface area contributed by atoms with Crippen molar-refractivity contribution in [1.82, 2.24) is 4.57 Å². The van der Waals surface area contributed by atoms with Crippen molar-refractivity contribution in [2.45, 2.75) is 0 Å². The van der Waals surface area contributed by atoms with E-state index in [1.165, 1.54) is 49.6 Å². The highest BCUT2D eigenvalue weighted by atomic mass is 16.3. The van der Waals surface area contributed by atoms with Crippen LogP contribution in [0.1, 0.15) is 0 Å². The molecule has 0 spiro atoms. The van der Waals surface area contributed by atoms with Crippen LogP contribution < -0.4 is 4.90 Å². The van der Waals surface area contributed by atoms with E-state index in [1.807, 2.05) is 12.1 Å². The van der Waals surface area contributed by atoms with Crippen LogP contribution in [0.15, 0.2) is 271 Å². The molecule has 2 aromatic heterocycles. The number of anilines is 3. The molecule has 0 N–H and O–H groups in total.